The van der Waals surface area contributed by atoms with Gasteiger partial charge in [0.15, 0.2) is 0 Å². The summed E-state index contributed by atoms with van der Waals surface area (Å²) in [5.41, 5.74) is 3.44. The summed E-state index contributed by atoms with van der Waals surface area (Å²) in [6.45, 7) is 8.09. The summed E-state index contributed by atoms with van der Waals surface area (Å²) in [4.78, 5) is 13.6. The molecule has 0 radical (unpaired) electrons. The van der Waals surface area contributed by atoms with Crippen LogP contribution in [0.4, 0.5) is 5.69 Å². The zero-order valence-corrected chi connectivity index (χ0v) is 23.5. The van der Waals surface area contributed by atoms with E-state index in [1.165, 1.54) is 51.4 Å². The number of unbranched alkanes of at least 4 members (excludes halogenated alkanes) is 9. The van der Waals surface area contributed by atoms with E-state index in [0.29, 0.717) is 5.56 Å². The van der Waals surface area contributed by atoms with Gasteiger partial charge in [-0.25, -0.2) is 0 Å². The number of carbonyl (C=O) groups is 1. The maximum atomic E-state index is 12.9. The maximum absolute atomic E-state index is 12.9. The van der Waals surface area contributed by atoms with Gasteiger partial charge in [0.1, 0.15) is 10.7 Å². The van der Waals surface area contributed by atoms with Gasteiger partial charge in [-0.3, -0.25) is 4.79 Å². The molecule has 0 aliphatic rings. The van der Waals surface area contributed by atoms with E-state index in [1.54, 1.807) is 0 Å². The lowest BCUT2D eigenvalue weighted by atomic mass is 10.1. The van der Waals surface area contributed by atoms with Crippen LogP contribution >= 0.6 is 12.2 Å². The van der Waals surface area contributed by atoms with Crippen molar-refractivity contribution in [3.05, 3.63) is 59.2 Å². The predicted molar refractivity (Wildman–Crippen MR) is 158 cm³/mol. The lowest BCUT2D eigenvalue weighted by Crippen LogP contribution is -2.23. The second kappa shape index (κ2) is 17.9. The Morgan fingerprint density at radius 2 is 1.39 bits per heavy atom. The maximum Gasteiger partial charge on any atom is 0.255 e. The molecule has 2 aromatic rings. The van der Waals surface area contributed by atoms with Crippen LogP contribution in [-0.4, -0.2) is 24.0 Å². The van der Waals surface area contributed by atoms with Crippen molar-refractivity contribution in [2.75, 3.05) is 18.5 Å². The zero-order chi connectivity index (χ0) is 26.0. The molecule has 5 heteroatoms. The average Bonchev–Trinajstić information content (AvgIpc) is 2.90. The summed E-state index contributed by atoms with van der Waals surface area (Å²) in [5.74, 6) is 0.683. The summed E-state index contributed by atoms with van der Waals surface area (Å²) < 4.78 is 5.88. The number of amides is 1. The molecule has 0 unspecified atom stereocenters. The molecule has 0 heterocycles. The highest BCUT2D eigenvalue weighted by atomic mass is 32.1. The van der Waals surface area contributed by atoms with Crippen LogP contribution in [0.3, 0.4) is 0 Å². The Morgan fingerprint density at radius 3 is 2.03 bits per heavy atom. The fraction of sp³-hybridized carbons (Fsp3) is 0.548. The summed E-state index contributed by atoms with van der Waals surface area (Å²) in [6.07, 6.45) is 14.7. The molecule has 0 fully saturated rings. The van der Waals surface area contributed by atoms with E-state index in [-0.39, 0.29) is 5.91 Å². The Morgan fingerprint density at radius 1 is 0.778 bits per heavy atom. The fourth-order valence-corrected chi connectivity index (χ4v) is 4.35. The van der Waals surface area contributed by atoms with Gasteiger partial charge in [0.25, 0.3) is 5.91 Å². The largest absolute Gasteiger partial charge is 0.494 e. The van der Waals surface area contributed by atoms with Crippen molar-refractivity contribution in [3.8, 4) is 5.75 Å². The minimum absolute atomic E-state index is 0.128. The van der Waals surface area contributed by atoms with Crippen molar-refractivity contribution in [2.45, 2.75) is 97.8 Å². The molecule has 0 spiro atoms. The summed E-state index contributed by atoms with van der Waals surface area (Å²) >= 11 is 5.54. The van der Waals surface area contributed by atoms with Gasteiger partial charge in [0.05, 0.1) is 6.61 Å². The molecule has 0 aromatic heterocycles. The molecule has 0 saturated carbocycles. The van der Waals surface area contributed by atoms with E-state index in [4.69, 9.17) is 17.0 Å². The molecule has 198 valence electrons. The van der Waals surface area contributed by atoms with Crippen LogP contribution in [0.2, 0.25) is 0 Å². The molecule has 0 aliphatic carbocycles. The van der Waals surface area contributed by atoms with Gasteiger partial charge < -0.3 is 15.4 Å². The van der Waals surface area contributed by atoms with Crippen molar-refractivity contribution in [1.29, 1.82) is 0 Å². The first-order chi connectivity index (χ1) is 17.6. The van der Waals surface area contributed by atoms with Crippen LogP contribution in [0.5, 0.6) is 5.75 Å². The average molecular weight is 511 g/mol. The number of hydrogen-bond donors (Lipinski definition) is 2. The molecule has 0 aliphatic heterocycles. The highest BCUT2D eigenvalue weighted by Crippen LogP contribution is 2.21. The number of anilines is 1. The van der Waals surface area contributed by atoms with E-state index in [1.807, 2.05) is 42.5 Å². The molecule has 2 N–H and O–H groups in total. The lowest BCUT2D eigenvalue weighted by molar-refractivity contribution is 0.102. The first-order valence-electron chi connectivity index (χ1n) is 14.0. The van der Waals surface area contributed by atoms with Crippen molar-refractivity contribution < 1.29 is 9.53 Å². The van der Waals surface area contributed by atoms with Gasteiger partial charge in [0, 0.05) is 23.4 Å². The summed E-state index contributed by atoms with van der Waals surface area (Å²) in [5, 5.41) is 6.38. The summed E-state index contributed by atoms with van der Waals surface area (Å²) in [6, 6.07) is 13.5. The number of benzene rings is 2. The minimum Gasteiger partial charge on any atom is -0.494 e. The number of rotatable bonds is 18. The molecule has 1 amide bonds. The number of thiocarbonyl (C=S) groups is 1. The van der Waals surface area contributed by atoms with Gasteiger partial charge in [0.2, 0.25) is 0 Å². The van der Waals surface area contributed by atoms with Crippen LogP contribution in [0, 0.1) is 0 Å². The number of nitrogens with one attached hydrogen (secondary N) is 2. The third kappa shape index (κ3) is 11.1. The van der Waals surface area contributed by atoms with Crippen molar-refractivity contribution >= 4 is 28.8 Å². The Bertz CT molecular complexity index is 911. The van der Waals surface area contributed by atoms with E-state index >= 15 is 0 Å². The van der Waals surface area contributed by atoms with Gasteiger partial charge in [-0.05, 0) is 55.2 Å². The van der Waals surface area contributed by atoms with Crippen LogP contribution in [0.25, 0.3) is 0 Å². The molecular formula is C31H46N2O2S. The van der Waals surface area contributed by atoms with Gasteiger partial charge in [-0.1, -0.05) is 103 Å². The zero-order valence-electron chi connectivity index (χ0n) is 22.7. The minimum atomic E-state index is -0.128. The second-order valence-corrected chi connectivity index (χ2v) is 9.90. The van der Waals surface area contributed by atoms with E-state index in [9.17, 15) is 4.79 Å². The van der Waals surface area contributed by atoms with Crippen LogP contribution in [-0.2, 0) is 6.42 Å². The molecule has 0 saturated heterocycles. The van der Waals surface area contributed by atoms with E-state index < -0.39 is 0 Å². The van der Waals surface area contributed by atoms with E-state index in [2.05, 4.69) is 31.4 Å². The Kier molecular flexibility index (Phi) is 14.9. The molecule has 36 heavy (non-hydrogen) atoms. The molecule has 4 nitrogen and oxygen atoms in total. The number of hydrogen-bond acceptors (Lipinski definition) is 3. The predicted octanol–water partition coefficient (Wildman–Crippen LogP) is 8.48. The number of aryl methyl sites for hydroxylation is 1. The SMILES string of the molecule is CCCCCCCCCCCOc1ccc(C(=O)Nc2cc(C(=S)NCCCC)ccc2CC)cc1. The summed E-state index contributed by atoms with van der Waals surface area (Å²) in [7, 11) is 0. The normalized spacial score (nSPS) is 10.8. The molecule has 2 aromatic carbocycles. The highest BCUT2D eigenvalue weighted by Gasteiger charge is 2.11. The molecule has 2 rings (SSSR count). The van der Waals surface area contributed by atoms with Gasteiger partial charge in [-0.15, -0.1) is 0 Å². The third-order valence-corrected chi connectivity index (χ3v) is 6.83. The first-order valence-corrected chi connectivity index (χ1v) is 14.4. The number of ether oxygens (including phenoxy) is 1. The van der Waals surface area contributed by atoms with E-state index in [0.717, 1.165) is 66.4 Å². The van der Waals surface area contributed by atoms with Crippen LogP contribution in [0.15, 0.2) is 42.5 Å². The lowest BCUT2D eigenvalue weighted by Gasteiger charge is -2.14. The standard InChI is InChI=1S/C31H46N2O2S/c1-4-7-9-10-11-12-13-14-15-23-35-28-20-18-26(19-21-28)30(34)33-29-24-27(17-16-25(29)6-3)31(36)32-22-8-5-2/h16-21,24H,4-15,22-23H2,1-3H3,(H,32,36)(H,33,34). The highest BCUT2D eigenvalue weighted by molar-refractivity contribution is 7.80. The van der Waals surface area contributed by atoms with Crippen molar-refractivity contribution in [2.24, 2.45) is 0 Å². The first kappa shape index (κ1) is 29.8. The second-order valence-electron chi connectivity index (χ2n) is 9.49. The molecule has 0 bridgehead atoms. The smallest absolute Gasteiger partial charge is 0.255 e. The molecular weight excluding hydrogens is 464 g/mol. The van der Waals surface area contributed by atoms with Gasteiger partial charge >= 0.3 is 0 Å². The quantitative estimate of drug-likeness (QED) is 0.156. The monoisotopic (exact) mass is 510 g/mol. The number of carbonyl (C=O) groups excluding carboxylic acids is 1. The van der Waals surface area contributed by atoms with Crippen LogP contribution < -0.4 is 15.4 Å². The topological polar surface area (TPSA) is 50.4 Å². The third-order valence-electron chi connectivity index (χ3n) is 6.45. The Labute approximate surface area is 224 Å². The Balaban J connectivity index is 1.80. The van der Waals surface area contributed by atoms with Crippen molar-refractivity contribution in [1.82, 2.24) is 5.32 Å². The van der Waals surface area contributed by atoms with Gasteiger partial charge in [-0.2, -0.15) is 0 Å². The Hall–Kier alpha value is -2.40. The van der Waals surface area contributed by atoms with Crippen molar-refractivity contribution in [3.63, 3.8) is 0 Å². The van der Waals surface area contributed by atoms with Crippen LogP contribution in [0.1, 0.15) is 113 Å². The fourth-order valence-electron chi connectivity index (χ4n) is 4.12. The molecule has 0 atom stereocenters.